The molecule has 8 nitrogen and oxygen atoms in total. The summed E-state index contributed by atoms with van der Waals surface area (Å²) in [5.74, 6) is -1.77. The lowest BCUT2D eigenvalue weighted by Gasteiger charge is -2.32. The maximum atomic E-state index is 12.0. The number of carboxylic acid groups (broad SMARTS) is 1. The lowest BCUT2D eigenvalue weighted by molar-refractivity contribution is -0.157. The van der Waals surface area contributed by atoms with Crippen LogP contribution in [0.15, 0.2) is 21.7 Å². The Bertz CT molecular complexity index is 613. The second-order valence-corrected chi connectivity index (χ2v) is 7.21. The van der Waals surface area contributed by atoms with Crippen molar-refractivity contribution >= 4 is 33.2 Å². The number of morpholine rings is 1. The molecule has 1 aliphatic rings. The first kappa shape index (κ1) is 15.9. The van der Waals surface area contributed by atoms with Gasteiger partial charge in [-0.1, -0.05) is 6.07 Å². The van der Waals surface area contributed by atoms with Crippen molar-refractivity contribution in [3.8, 4) is 0 Å². The molecule has 10 heteroatoms. The van der Waals surface area contributed by atoms with E-state index in [9.17, 15) is 18.0 Å². The number of rotatable bonds is 5. The van der Waals surface area contributed by atoms with Gasteiger partial charge in [-0.3, -0.25) is 4.79 Å². The van der Waals surface area contributed by atoms with Crippen LogP contribution in [0.2, 0.25) is 0 Å². The minimum atomic E-state index is -3.75. The van der Waals surface area contributed by atoms with Gasteiger partial charge in [0.15, 0.2) is 6.04 Å². The van der Waals surface area contributed by atoms with Crippen molar-refractivity contribution < 1.29 is 27.9 Å². The highest BCUT2D eigenvalue weighted by atomic mass is 32.2. The largest absolute Gasteiger partial charge is 0.480 e. The molecule has 1 aromatic rings. The minimum absolute atomic E-state index is 0.0985. The van der Waals surface area contributed by atoms with Gasteiger partial charge in [0.1, 0.15) is 4.21 Å². The summed E-state index contributed by atoms with van der Waals surface area (Å²) in [4.78, 5) is 24.2. The van der Waals surface area contributed by atoms with Crippen molar-refractivity contribution in [3.63, 3.8) is 0 Å². The van der Waals surface area contributed by atoms with Gasteiger partial charge < -0.3 is 14.7 Å². The van der Waals surface area contributed by atoms with Gasteiger partial charge in [0.25, 0.3) is 10.0 Å². The van der Waals surface area contributed by atoms with Gasteiger partial charge in [0, 0.05) is 6.54 Å². The van der Waals surface area contributed by atoms with E-state index in [2.05, 4.69) is 4.72 Å². The molecule has 2 rings (SSSR count). The fourth-order valence-corrected chi connectivity index (χ4v) is 3.86. The van der Waals surface area contributed by atoms with Crippen molar-refractivity contribution in [1.29, 1.82) is 0 Å². The second-order valence-electron chi connectivity index (χ2n) is 4.27. The topological polar surface area (TPSA) is 113 Å². The summed E-state index contributed by atoms with van der Waals surface area (Å²) in [7, 11) is -3.75. The third-order valence-electron chi connectivity index (χ3n) is 2.91. The molecule has 21 heavy (non-hydrogen) atoms. The smallest absolute Gasteiger partial charge is 0.328 e. The van der Waals surface area contributed by atoms with E-state index in [-0.39, 0.29) is 24.0 Å². The number of hydrogen-bond donors (Lipinski definition) is 2. The molecule has 1 unspecified atom stereocenters. The van der Waals surface area contributed by atoms with Gasteiger partial charge in [-0.05, 0) is 11.4 Å². The van der Waals surface area contributed by atoms with Gasteiger partial charge in [0.2, 0.25) is 5.91 Å². The number of thiophene rings is 1. The minimum Gasteiger partial charge on any atom is -0.480 e. The number of hydrogen-bond acceptors (Lipinski definition) is 6. The Kier molecular flexibility index (Phi) is 4.93. The molecule has 0 radical (unpaired) electrons. The van der Waals surface area contributed by atoms with Gasteiger partial charge in [-0.15, -0.1) is 11.3 Å². The van der Waals surface area contributed by atoms with Crippen LogP contribution in [0.4, 0.5) is 0 Å². The van der Waals surface area contributed by atoms with E-state index in [1.54, 1.807) is 11.4 Å². The molecule has 116 valence electrons. The lowest BCUT2D eigenvalue weighted by atomic mass is 10.2. The van der Waals surface area contributed by atoms with Crippen LogP contribution >= 0.6 is 11.3 Å². The second kappa shape index (κ2) is 6.52. The van der Waals surface area contributed by atoms with Crippen LogP contribution in [-0.4, -0.2) is 62.6 Å². The fraction of sp³-hybridized carbons (Fsp3) is 0.455. The molecule has 1 fully saturated rings. The monoisotopic (exact) mass is 334 g/mol. The quantitative estimate of drug-likeness (QED) is 0.739. The zero-order valence-corrected chi connectivity index (χ0v) is 12.5. The molecular weight excluding hydrogens is 320 g/mol. The number of nitrogens with one attached hydrogen (secondary N) is 1. The van der Waals surface area contributed by atoms with Crippen LogP contribution in [0.25, 0.3) is 0 Å². The zero-order valence-electron chi connectivity index (χ0n) is 10.9. The molecule has 1 aliphatic heterocycles. The normalized spacial score (nSPS) is 19.4. The summed E-state index contributed by atoms with van der Waals surface area (Å²) in [5.41, 5.74) is 0. The number of aliphatic carboxylic acids is 1. The number of carbonyl (C=O) groups is 2. The van der Waals surface area contributed by atoms with Crippen molar-refractivity contribution in [3.05, 3.63) is 17.5 Å². The van der Waals surface area contributed by atoms with E-state index >= 15 is 0 Å². The molecule has 1 saturated heterocycles. The van der Waals surface area contributed by atoms with Crippen molar-refractivity contribution in [1.82, 2.24) is 9.62 Å². The third-order valence-corrected chi connectivity index (χ3v) is 5.71. The zero-order chi connectivity index (χ0) is 15.5. The summed E-state index contributed by atoms with van der Waals surface area (Å²) in [6.45, 7) is -0.230. The van der Waals surface area contributed by atoms with Crippen molar-refractivity contribution in [2.24, 2.45) is 0 Å². The fourth-order valence-electron chi connectivity index (χ4n) is 1.85. The maximum Gasteiger partial charge on any atom is 0.328 e. The highest BCUT2D eigenvalue weighted by molar-refractivity contribution is 7.91. The number of sulfonamides is 1. The van der Waals surface area contributed by atoms with Crippen LogP contribution in [0.5, 0.6) is 0 Å². The molecule has 1 amide bonds. The van der Waals surface area contributed by atoms with E-state index in [4.69, 9.17) is 9.84 Å². The van der Waals surface area contributed by atoms with E-state index in [0.29, 0.717) is 0 Å². The Balaban J connectivity index is 1.99. The molecule has 2 heterocycles. The van der Waals surface area contributed by atoms with Crippen LogP contribution in [0.3, 0.4) is 0 Å². The molecule has 1 atom stereocenters. The van der Waals surface area contributed by atoms with Crippen LogP contribution in [0, 0.1) is 0 Å². The Labute approximate surface area is 125 Å². The first-order valence-corrected chi connectivity index (χ1v) is 8.41. The van der Waals surface area contributed by atoms with Crippen LogP contribution in [-0.2, 0) is 24.3 Å². The molecule has 0 saturated carbocycles. The Morgan fingerprint density at radius 1 is 1.52 bits per heavy atom. The van der Waals surface area contributed by atoms with Crippen LogP contribution in [0.1, 0.15) is 0 Å². The molecule has 0 bridgehead atoms. The van der Waals surface area contributed by atoms with E-state index < -0.39 is 34.5 Å². The Hall–Kier alpha value is -1.49. The Morgan fingerprint density at radius 3 is 2.90 bits per heavy atom. The van der Waals surface area contributed by atoms with Gasteiger partial charge >= 0.3 is 5.97 Å². The number of amides is 1. The van der Waals surface area contributed by atoms with Crippen molar-refractivity contribution in [2.45, 2.75) is 10.3 Å². The lowest BCUT2D eigenvalue weighted by Crippen LogP contribution is -2.54. The highest BCUT2D eigenvalue weighted by Crippen LogP contribution is 2.15. The SMILES string of the molecule is O=C(O)C1COCCN1C(=O)CNS(=O)(=O)c1cccs1. The standard InChI is InChI=1S/C11H14N2O6S2/c14-9(13-3-4-19-7-8(13)11(15)16)6-12-21(17,18)10-2-1-5-20-10/h1-2,5,8,12H,3-4,6-7H2,(H,15,16). The number of ether oxygens (including phenoxy) is 1. The molecular formula is C11H14N2O6S2. The molecule has 0 aromatic carbocycles. The summed E-state index contributed by atoms with van der Waals surface area (Å²) in [6, 6.07) is 1.92. The molecule has 0 aliphatic carbocycles. The summed E-state index contributed by atoms with van der Waals surface area (Å²) < 4.78 is 31.1. The molecule has 1 aromatic heterocycles. The van der Waals surface area contributed by atoms with E-state index in [1.807, 2.05) is 0 Å². The average molecular weight is 334 g/mol. The van der Waals surface area contributed by atoms with Crippen molar-refractivity contribution in [2.75, 3.05) is 26.3 Å². The van der Waals surface area contributed by atoms with Gasteiger partial charge in [0.05, 0.1) is 19.8 Å². The Morgan fingerprint density at radius 2 is 2.29 bits per heavy atom. The van der Waals surface area contributed by atoms with E-state index in [1.165, 1.54) is 6.07 Å². The average Bonchev–Trinajstić information content (AvgIpc) is 3.00. The predicted octanol–water partition coefficient (Wildman–Crippen LogP) is -0.662. The molecule has 2 N–H and O–H groups in total. The van der Waals surface area contributed by atoms with Gasteiger partial charge in [-0.2, -0.15) is 0 Å². The summed E-state index contributed by atoms with van der Waals surface area (Å²) >= 11 is 1.03. The maximum absolute atomic E-state index is 12.0. The highest BCUT2D eigenvalue weighted by Gasteiger charge is 2.33. The number of carbonyl (C=O) groups excluding carboxylic acids is 1. The first-order chi connectivity index (χ1) is 9.92. The third kappa shape index (κ3) is 3.79. The summed E-state index contributed by atoms with van der Waals surface area (Å²) in [6.07, 6.45) is 0. The first-order valence-electron chi connectivity index (χ1n) is 6.05. The summed E-state index contributed by atoms with van der Waals surface area (Å²) in [5, 5.41) is 10.6. The van der Waals surface area contributed by atoms with Crippen LogP contribution < -0.4 is 4.72 Å². The van der Waals surface area contributed by atoms with E-state index in [0.717, 1.165) is 16.2 Å². The van der Waals surface area contributed by atoms with Gasteiger partial charge in [-0.25, -0.2) is 17.9 Å². The number of carboxylic acids is 1. The number of nitrogens with zero attached hydrogens (tertiary/aromatic N) is 1. The molecule has 0 spiro atoms. The predicted molar refractivity (Wildman–Crippen MR) is 73.5 cm³/mol.